The van der Waals surface area contributed by atoms with Gasteiger partial charge in [-0.3, -0.25) is 0 Å². The van der Waals surface area contributed by atoms with Gasteiger partial charge in [-0.25, -0.2) is 5.26 Å². The Kier molecular flexibility index (Phi) is 4.88. The largest absolute Gasteiger partial charge is 0.202 e. The van der Waals surface area contributed by atoms with Crippen molar-refractivity contribution < 1.29 is 0 Å². The Morgan fingerprint density at radius 3 is 2.18 bits per heavy atom. The second-order valence-electron chi connectivity index (χ2n) is 2.25. The number of hydrogen-bond acceptors (Lipinski definition) is 1. The molecule has 0 heterocycles. The van der Waals surface area contributed by atoms with E-state index in [1.807, 2.05) is 0 Å². The van der Waals surface area contributed by atoms with Crippen LogP contribution >= 0.6 is 22.6 Å². The summed E-state index contributed by atoms with van der Waals surface area (Å²) in [6, 6.07) is 6.48. The molecule has 0 N–H and O–H groups in total. The smallest absolute Gasteiger partial charge is 0.0462 e. The summed E-state index contributed by atoms with van der Waals surface area (Å²) in [7, 11) is 0. The lowest BCUT2D eigenvalue weighted by atomic mass is 10.2. The molecule has 58 valence electrons. The lowest BCUT2D eigenvalue weighted by Gasteiger charge is -1.96. The third-order valence-electron chi connectivity index (χ3n) is 1.33. The topological polar surface area (TPSA) is 23.8 Å². The number of benzene rings is 1. The predicted octanol–water partition coefficient (Wildman–Crippen LogP) is 3.05. The molecule has 0 bridgehead atoms. The first-order chi connectivity index (χ1) is 5.20. The number of halogens is 1. The van der Waals surface area contributed by atoms with E-state index in [0.29, 0.717) is 0 Å². The standard InChI is InChI=1S/C8H9I.CHN/c1-6-3-4-7(2)8(9)5-6;1-2/h3-5H,1-2H3;1H. The molecule has 1 nitrogen and oxygen atoms in total. The van der Waals surface area contributed by atoms with Gasteiger partial charge in [-0.2, -0.15) is 0 Å². The van der Waals surface area contributed by atoms with Gasteiger partial charge in [0.15, 0.2) is 0 Å². The summed E-state index contributed by atoms with van der Waals surface area (Å²) >= 11 is 2.35. The number of rotatable bonds is 0. The molecule has 0 atom stereocenters. The van der Waals surface area contributed by atoms with Gasteiger partial charge < -0.3 is 0 Å². The van der Waals surface area contributed by atoms with Gasteiger partial charge in [-0.05, 0) is 48.1 Å². The molecule has 0 spiro atoms. The maximum atomic E-state index is 6.50. The fraction of sp³-hybridized carbons (Fsp3) is 0.222. The van der Waals surface area contributed by atoms with Crippen LogP contribution in [0.3, 0.4) is 0 Å². The average molecular weight is 259 g/mol. The van der Waals surface area contributed by atoms with E-state index in [1.165, 1.54) is 14.7 Å². The van der Waals surface area contributed by atoms with Crippen LogP contribution in [0, 0.1) is 29.3 Å². The van der Waals surface area contributed by atoms with Crippen molar-refractivity contribution in [2.45, 2.75) is 13.8 Å². The molecule has 0 aliphatic rings. The van der Waals surface area contributed by atoms with Crippen molar-refractivity contribution in [3.63, 3.8) is 0 Å². The second kappa shape index (κ2) is 5.14. The summed E-state index contributed by atoms with van der Waals surface area (Å²) in [5, 5.41) is 6.50. The molecular weight excluding hydrogens is 249 g/mol. The van der Waals surface area contributed by atoms with E-state index >= 15 is 0 Å². The van der Waals surface area contributed by atoms with E-state index in [0.717, 1.165) is 0 Å². The maximum Gasteiger partial charge on any atom is 0.0462 e. The van der Waals surface area contributed by atoms with Crippen LogP contribution in [-0.4, -0.2) is 0 Å². The Morgan fingerprint density at radius 2 is 1.82 bits per heavy atom. The highest BCUT2D eigenvalue weighted by Gasteiger charge is 1.90. The van der Waals surface area contributed by atoms with Crippen LogP contribution in [0.2, 0.25) is 0 Å². The van der Waals surface area contributed by atoms with Crippen molar-refractivity contribution in [1.82, 2.24) is 0 Å². The van der Waals surface area contributed by atoms with Gasteiger partial charge >= 0.3 is 0 Å². The second-order valence-corrected chi connectivity index (χ2v) is 3.41. The normalized spacial score (nSPS) is 8.09. The van der Waals surface area contributed by atoms with Gasteiger partial charge in [0.05, 0.1) is 0 Å². The molecule has 1 aromatic rings. The minimum absolute atomic E-state index is 1.34. The first-order valence-electron chi connectivity index (χ1n) is 3.19. The fourth-order valence-electron chi connectivity index (χ4n) is 0.698. The molecule has 0 amide bonds. The summed E-state index contributed by atoms with van der Waals surface area (Å²) in [5.41, 5.74) is 2.70. The Bertz CT molecular complexity index is 253. The quantitative estimate of drug-likeness (QED) is 0.657. The zero-order valence-corrected chi connectivity index (χ0v) is 8.79. The summed E-state index contributed by atoms with van der Waals surface area (Å²) in [5.74, 6) is 0. The number of nitriles is 1. The van der Waals surface area contributed by atoms with Crippen LogP contribution in [-0.2, 0) is 0 Å². The Labute approximate surface area is 81.2 Å². The van der Waals surface area contributed by atoms with Crippen LogP contribution in [0.1, 0.15) is 11.1 Å². The van der Waals surface area contributed by atoms with E-state index in [9.17, 15) is 0 Å². The summed E-state index contributed by atoms with van der Waals surface area (Å²) in [4.78, 5) is 0. The molecule has 0 saturated carbocycles. The first-order valence-corrected chi connectivity index (χ1v) is 4.26. The highest BCUT2D eigenvalue weighted by molar-refractivity contribution is 14.1. The molecule has 11 heavy (non-hydrogen) atoms. The lowest BCUT2D eigenvalue weighted by Crippen LogP contribution is -1.79. The minimum Gasteiger partial charge on any atom is -0.202 e. The average Bonchev–Trinajstić information content (AvgIpc) is 2.02. The molecule has 1 rings (SSSR count). The highest BCUT2D eigenvalue weighted by atomic mass is 127. The molecule has 1 aromatic carbocycles. The zero-order valence-electron chi connectivity index (χ0n) is 6.63. The van der Waals surface area contributed by atoms with E-state index in [-0.39, 0.29) is 0 Å². The monoisotopic (exact) mass is 259 g/mol. The lowest BCUT2D eigenvalue weighted by molar-refractivity contribution is 1.36. The van der Waals surface area contributed by atoms with Gasteiger partial charge in [-0.15, -0.1) is 0 Å². The van der Waals surface area contributed by atoms with E-state index in [2.05, 4.69) is 61.2 Å². The van der Waals surface area contributed by atoms with E-state index in [1.54, 1.807) is 0 Å². The molecule has 2 heteroatoms. The van der Waals surface area contributed by atoms with E-state index < -0.39 is 0 Å². The first kappa shape index (κ1) is 10.4. The van der Waals surface area contributed by atoms with Gasteiger partial charge in [0, 0.05) is 10.1 Å². The number of nitrogens with zero attached hydrogens (tertiary/aromatic N) is 1. The maximum absolute atomic E-state index is 6.50. The molecule has 0 unspecified atom stereocenters. The summed E-state index contributed by atoms with van der Waals surface area (Å²) in [6.45, 7) is 7.74. The van der Waals surface area contributed by atoms with Gasteiger partial charge in [0.1, 0.15) is 0 Å². The highest BCUT2D eigenvalue weighted by Crippen LogP contribution is 2.11. The van der Waals surface area contributed by atoms with Gasteiger partial charge in [-0.1, -0.05) is 17.7 Å². The fourth-order valence-corrected chi connectivity index (χ4v) is 1.37. The predicted molar refractivity (Wildman–Crippen MR) is 55.3 cm³/mol. The summed E-state index contributed by atoms with van der Waals surface area (Å²) in [6.07, 6.45) is 0. The Balaban J connectivity index is 0.000000461. The van der Waals surface area contributed by atoms with Crippen LogP contribution in [0.5, 0.6) is 0 Å². The molecule has 0 fully saturated rings. The molecule has 0 radical (unpaired) electrons. The van der Waals surface area contributed by atoms with Crippen molar-refractivity contribution in [3.05, 3.63) is 32.9 Å². The molecular formula is C9H10IN. The molecule has 0 aromatic heterocycles. The van der Waals surface area contributed by atoms with Crippen molar-refractivity contribution in [1.29, 1.82) is 5.26 Å². The molecule has 0 aliphatic heterocycles. The Morgan fingerprint density at radius 1 is 1.27 bits per heavy atom. The van der Waals surface area contributed by atoms with Crippen molar-refractivity contribution in [2.24, 2.45) is 0 Å². The van der Waals surface area contributed by atoms with Crippen LogP contribution < -0.4 is 0 Å². The van der Waals surface area contributed by atoms with Crippen LogP contribution in [0.25, 0.3) is 0 Å². The number of hydrogen-bond donors (Lipinski definition) is 0. The van der Waals surface area contributed by atoms with Crippen molar-refractivity contribution in [2.75, 3.05) is 0 Å². The molecule has 0 aliphatic carbocycles. The van der Waals surface area contributed by atoms with Crippen molar-refractivity contribution >= 4 is 22.6 Å². The molecule has 0 saturated heterocycles. The van der Waals surface area contributed by atoms with Crippen LogP contribution in [0.4, 0.5) is 0 Å². The van der Waals surface area contributed by atoms with Gasteiger partial charge in [0.2, 0.25) is 0 Å². The SMILES string of the molecule is C#N.Cc1ccc(C)c(I)c1. The Hall–Kier alpha value is -0.560. The van der Waals surface area contributed by atoms with Gasteiger partial charge in [0.25, 0.3) is 0 Å². The third kappa shape index (κ3) is 3.38. The van der Waals surface area contributed by atoms with Crippen LogP contribution in [0.15, 0.2) is 18.2 Å². The van der Waals surface area contributed by atoms with E-state index in [4.69, 9.17) is 5.26 Å². The van der Waals surface area contributed by atoms with Crippen molar-refractivity contribution in [3.8, 4) is 6.57 Å². The summed E-state index contributed by atoms with van der Waals surface area (Å²) < 4.78 is 1.35. The minimum atomic E-state index is 1.34. The zero-order chi connectivity index (χ0) is 8.85. The third-order valence-corrected chi connectivity index (χ3v) is 2.49. The number of aryl methyl sites for hydroxylation is 2.